The number of aromatic nitrogens is 1. The second-order valence-corrected chi connectivity index (χ2v) is 4.50. The van der Waals surface area contributed by atoms with Crippen LogP contribution in [-0.4, -0.2) is 17.6 Å². The van der Waals surface area contributed by atoms with Gasteiger partial charge in [-0.3, -0.25) is 0 Å². The Hall–Kier alpha value is -1.60. The Morgan fingerprint density at radius 1 is 1.59 bits per heavy atom. The van der Waals surface area contributed by atoms with Crippen LogP contribution in [0.15, 0.2) is 6.07 Å². The molecule has 4 nitrogen and oxygen atoms in total. The number of rotatable bonds is 4. The normalized spacial score (nSPS) is 15.1. The third-order valence-corrected chi connectivity index (χ3v) is 3.23. The van der Waals surface area contributed by atoms with Crippen molar-refractivity contribution in [3.63, 3.8) is 0 Å². The number of pyridine rings is 1. The second-order valence-electron chi connectivity index (χ2n) is 4.50. The molecule has 1 aliphatic carbocycles. The lowest BCUT2D eigenvalue weighted by molar-refractivity contribution is 0.677. The zero-order valence-electron chi connectivity index (χ0n) is 10.2. The molecule has 1 atom stereocenters. The summed E-state index contributed by atoms with van der Waals surface area (Å²) < 4.78 is 0. The zero-order chi connectivity index (χ0) is 12.3. The van der Waals surface area contributed by atoms with Crippen LogP contribution in [0.4, 0.5) is 5.82 Å². The highest BCUT2D eigenvalue weighted by Gasteiger charge is 2.16. The van der Waals surface area contributed by atoms with Gasteiger partial charge in [-0.05, 0) is 37.3 Å². The van der Waals surface area contributed by atoms with Crippen molar-refractivity contribution in [2.75, 3.05) is 11.9 Å². The topological polar surface area (TPSA) is 74.7 Å². The third-order valence-electron chi connectivity index (χ3n) is 3.23. The summed E-state index contributed by atoms with van der Waals surface area (Å²) in [5.74, 6) is 0.692. The van der Waals surface area contributed by atoms with Crippen molar-refractivity contribution in [2.45, 2.75) is 38.6 Å². The molecule has 0 fully saturated rings. The Bertz CT molecular complexity index is 447. The first-order valence-electron chi connectivity index (χ1n) is 6.17. The Morgan fingerprint density at radius 2 is 2.41 bits per heavy atom. The first-order chi connectivity index (χ1) is 8.24. The van der Waals surface area contributed by atoms with E-state index in [2.05, 4.69) is 16.4 Å². The van der Waals surface area contributed by atoms with Gasteiger partial charge < -0.3 is 11.1 Å². The molecule has 3 N–H and O–H groups in total. The molecule has 90 valence electrons. The number of anilines is 1. The minimum absolute atomic E-state index is 0.108. The molecular formula is C13H18N4. The summed E-state index contributed by atoms with van der Waals surface area (Å²) in [7, 11) is 0. The van der Waals surface area contributed by atoms with Crippen LogP contribution in [0.2, 0.25) is 0 Å². The van der Waals surface area contributed by atoms with E-state index >= 15 is 0 Å². The summed E-state index contributed by atoms with van der Waals surface area (Å²) in [6.07, 6.45) is 4.13. The molecule has 17 heavy (non-hydrogen) atoms. The molecule has 1 aromatic rings. The van der Waals surface area contributed by atoms with Crippen LogP contribution >= 0.6 is 0 Å². The van der Waals surface area contributed by atoms with E-state index in [-0.39, 0.29) is 6.04 Å². The van der Waals surface area contributed by atoms with E-state index in [1.165, 1.54) is 5.56 Å². The van der Waals surface area contributed by atoms with Crippen LogP contribution in [0.25, 0.3) is 0 Å². The van der Waals surface area contributed by atoms with Crippen molar-refractivity contribution in [2.24, 2.45) is 5.73 Å². The largest absolute Gasteiger partial charge is 0.367 e. The van der Waals surface area contributed by atoms with E-state index in [1.807, 2.05) is 13.0 Å². The summed E-state index contributed by atoms with van der Waals surface area (Å²) in [6, 6.07) is 4.28. The number of aryl methyl sites for hydroxylation is 2. The molecule has 0 aromatic carbocycles. The van der Waals surface area contributed by atoms with E-state index < -0.39 is 0 Å². The Balaban J connectivity index is 2.18. The Kier molecular flexibility index (Phi) is 3.60. The smallest absolute Gasteiger partial charge is 0.144 e. The van der Waals surface area contributed by atoms with Gasteiger partial charge in [-0.1, -0.05) is 6.92 Å². The number of nitriles is 1. The number of nitrogens with two attached hydrogens (primary N) is 1. The molecule has 2 rings (SSSR count). The van der Waals surface area contributed by atoms with E-state index in [4.69, 9.17) is 11.0 Å². The summed E-state index contributed by atoms with van der Waals surface area (Å²) in [5.41, 5.74) is 8.85. The summed E-state index contributed by atoms with van der Waals surface area (Å²) in [4.78, 5) is 4.54. The highest BCUT2D eigenvalue weighted by atomic mass is 15.0. The molecule has 4 heteroatoms. The number of nitrogens with zero attached hydrogens (tertiary/aromatic N) is 2. The maximum absolute atomic E-state index is 9.11. The van der Waals surface area contributed by atoms with Gasteiger partial charge in [0.1, 0.15) is 11.9 Å². The highest BCUT2D eigenvalue weighted by Crippen LogP contribution is 2.24. The van der Waals surface area contributed by atoms with Crippen LogP contribution in [0.3, 0.4) is 0 Å². The van der Waals surface area contributed by atoms with Crippen molar-refractivity contribution in [1.29, 1.82) is 5.26 Å². The van der Waals surface area contributed by atoms with Crippen molar-refractivity contribution < 1.29 is 0 Å². The molecule has 0 saturated carbocycles. The van der Waals surface area contributed by atoms with Gasteiger partial charge in [-0.2, -0.15) is 5.26 Å². The van der Waals surface area contributed by atoms with Gasteiger partial charge in [0, 0.05) is 18.3 Å². The predicted octanol–water partition coefficient (Wildman–Crippen LogP) is 1.59. The molecule has 0 saturated heterocycles. The number of hydrogen-bond donors (Lipinski definition) is 2. The van der Waals surface area contributed by atoms with E-state index in [1.54, 1.807) is 0 Å². The molecule has 0 aliphatic heterocycles. The fourth-order valence-corrected chi connectivity index (χ4v) is 2.06. The Morgan fingerprint density at radius 3 is 3.12 bits per heavy atom. The van der Waals surface area contributed by atoms with Crippen LogP contribution in [0.5, 0.6) is 0 Å². The van der Waals surface area contributed by atoms with Gasteiger partial charge in [0.25, 0.3) is 0 Å². The standard InChI is InChI=1S/C13H18N4/c1-2-11(15)8-16-13-10(7-14)6-9-4-3-5-12(9)17-13/h6,11H,2-5,8,15H2,1H3,(H,16,17). The van der Waals surface area contributed by atoms with Gasteiger partial charge >= 0.3 is 0 Å². The lowest BCUT2D eigenvalue weighted by Crippen LogP contribution is -2.28. The molecule has 1 heterocycles. The number of hydrogen-bond acceptors (Lipinski definition) is 4. The predicted molar refractivity (Wildman–Crippen MR) is 67.7 cm³/mol. The van der Waals surface area contributed by atoms with Crippen LogP contribution < -0.4 is 11.1 Å². The third kappa shape index (κ3) is 2.56. The summed E-state index contributed by atoms with van der Waals surface area (Å²) >= 11 is 0. The SMILES string of the molecule is CCC(N)CNc1nc2c(cc1C#N)CCC2. The van der Waals surface area contributed by atoms with Crippen LogP contribution in [0.1, 0.15) is 36.6 Å². The number of nitrogens with one attached hydrogen (secondary N) is 1. The molecule has 0 bridgehead atoms. The average molecular weight is 230 g/mol. The van der Waals surface area contributed by atoms with Gasteiger partial charge in [0.15, 0.2) is 0 Å². The minimum Gasteiger partial charge on any atom is -0.367 e. The van der Waals surface area contributed by atoms with Crippen molar-refractivity contribution >= 4 is 5.82 Å². The molecule has 0 spiro atoms. The van der Waals surface area contributed by atoms with E-state index in [9.17, 15) is 0 Å². The molecule has 1 aromatic heterocycles. The van der Waals surface area contributed by atoms with Crippen molar-refractivity contribution in [3.05, 3.63) is 22.9 Å². The number of fused-ring (bicyclic) bond motifs is 1. The average Bonchev–Trinajstić information content (AvgIpc) is 2.81. The monoisotopic (exact) mass is 230 g/mol. The molecule has 1 unspecified atom stereocenters. The van der Waals surface area contributed by atoms with Gasteiger partial charge in [-0.25, -0.2) is 4.98 Å². The lowest BCUT2D eigenvalue weighted by Gasteiger charge is -2.13. The summed E-state index contributed by atoms with van der Waals surface area (Å²) in [5, 5.41) is 12.3. The van der Waals surface area contributed by atoms with Crippen LogP contribution in [-0.2, 0) is 12.8 Å². The lowest BCUT2D eigenvalue weighted by atomic mass is 10.1. The fraction of sp³-hybridized carbons (Fsp3) is 0.538. The first-order valence-corrected chi connectivity index (χ1v) is 6.17. The van der Waals surface area contributed by atoms with Gasteiger partial charge in [0.2, 0.25) is 0 Å². The fourth-order valence-electron chi connectivity index (χ4n) is 2.06. The quantitative estimate of drug-likeness (QED) is 0.823. The van der Waals surface area contributed by atoms with E-state index in [0.29, 0.717) is 17.9 Å². The van der Waals surface area contributed by atoms with Gasteiger partial charge in [0.05, 0.1) is 5.56 Å². The maximum atomic E-state index is 9.11. The molecule has 1 aliphatic rings. The summed E-state index contributed by atoms with van der Waals surface area (Å²) in [6.45, 7) is 2.71. The van der Waals surface area contributed by atoms with Gasteiger partial charge in [-0.15, -0.1) is 0 Å². The van der Waals surface area contributed by atoms with E-state index in [0.717, 1.165) is 31.4 Å². The molecular weight excluding hydrogens is 212 g/mol. The first kappa shape index (κ1) is 11.9. The maximum Gasteiger partial charge on any atom is 0.144 e. The second kappa shape index (κ2) is 5.15. The van der Waals surface area contributed by atoms with Crippen molar-refractivity contribution in [3.8, 4) is 6.07 Å². The minimum atomic E-state index is 0.108. The van der Waals surface area contributed by atoms with Crippen molar-refractivity contribution in [1.82, 2.24) is 4.98 Å². The molecule has 0 amide bonds. The van der Waals surface area contributed by atoms with Crippen LogP contribution in [0, 0.1) is 11.3 Å². The zero-order valence-corrected chi connectivity index (χ0v) is 10.2. The highest BCUT2D eigenvalue weighted by molar-refractivity contribution is 5.55. The molecule has 0 radical (unpaired) electrons. The Labute approximate surface area is 102 Å².